The van der Waals surface area contributed by atoms with Crippen LogP contribution in [0.5, 0.6) is 0 Å². The number of fused-ring (bicyclic) bond motifs is 1. The van der Waals surface area contributed by atoms with E-state index in [0.29, 0.717) is 31.1 Å². The van der Waals surface area contributed by atoms with E-state index < -0.39 is 5.60 Å². The SMILES string of the molecule is CC(C)(C)OC(=O)N1CCN(c2cc(-c3ccco3)c3cc(C#N)sc3n2)CC1. The molecule has 0 aliphatic carbocycles. The minimum Gasteiger partial charge on any atom is -0.464 e. The van der Waals surface area contributed by atoms with Crippen LogP contribution in [0.15, 0.2) is 34.9 Å². The summed E-state index contributed by atoms with van der Waals surface area (Å²) in [6.07, 6.45) is 1.35. The Morgan fingerprint density at radius 1 is 1.28 bits per heavy atom. The van der Waals surface area contributed by atoms with Crippen molar-refractivity contribution >= 4 is 33.5 Å². The molecular weight excluding hydrogens is 388 g/mol. The number of aromatic nitrogens is 1. The average molecular weight is 410 g/mol. The van der Waals surface area contributed by atoms with Gasteiger partial charge in [-0.2, -0.15) is 5.26 Å². The summed E-state index contributed by atoms with van der Waals surface area (Å²) >= 11 is 1.37. The molecule has 0 unspecified atom stereocenters. The highest BCUT2D eigenvalue weighted by molar-refractivity contribution is 7.19. The fourth-order valence-corrected chi connectivity index (χ4v) is 4.15. The Morgan fingerprint density at radius 3 is 2.66 bits per heavy atom. The van der Waals surface area contributed by atoms with E-state index in [2.05, 4.69) is 11.0 Å². The molecule has 0 aromatic carbocycles. The number of ether oxygens (including phenoxy) is 1. The zero-order chi connectivity index (χ0) is 20.6. The zero-order valence-corrected chi connectivity index (χ0v) is 17.5. The van der Waals surface area contributed by atoms with Gasteiger partial charge in [-0.15, -0.1) is 11.3 Å². The lowest BCUT2D eigenvalue weighted by atomic mass is 10.1. The minimum atomic E-state index is -0.504. The van der Waals surface area contributed by atoms with Crippen LogP contribution in [-0.4, -0.2) is 47.8 Å². The minimum absolute atomic E-state index is 0.284. The number of piperazine rings is 1. The molecular formula is C21H22N4O3S. The summed E-state index contributed by atoms with van der Waals surface area (Å²) in [7, 11) is 0. The van der Waals surface area contributed by atoms with Crippen molar-refractivity contribution in [3.05, 3.63) is 35.4 Å². The predicted octanol–water partition coefficient (Wildman–Crippen LogP) is 4.49. The highest BCUT2D eigenvalue weighted by Crippen LogP contribution is 2.36. The van der Waals surface area contributed by atoms with Crippen molar-refractivity contribution in [3.8, 4) is 17.4 Å². The summed E-state index contributed by atoms with van der Waals surface area (Å²) in [4.78, 5) is 22.4. The van der Waals surface area contributed by atoms with Gasteiger partial charge in [0, 0.05) is 37.1 Å². The largest absolute Gasteiger partial charge is 0.464 e. The van der Waals surface area contributed by atoms with Gasteiger partial charge in [-0.1, -0.05) is 0 Å². The highest BCUT2D eigenvalue weighted by Gasteiger charge is 2.27. The van der Waals surface area contributed by atoms with E-state index in [1.165, 1.54) is 11.3 Å². The van der Waals surface area contributed by atoms with Crippen molar-refractivity contribution in [2.24, 2.45) is 0 Å². The number of nitriles is 1. The number of hydrogen-bond acceptors (Lipinski definition) is 7. The second-order valence-corrected chi connectivity index (χ2v) is 8.93. The van der Waals surface area contributed by atoms with E-state index in [-0.39, 0.29) is 6.09 Å². The molecule has 3 aromatic rings. The normalized spacial score (nSPS) is 14.8. The lowest BCUT2D eigenvalue weighted by molar-refractivity contribution is 0.0240. The van der Waals surface area contributed by atoms with Crippen LogP contribution in [0.3, 0.4) is 0 Å². The van der Waals surface area contributed by atoms with Crippen LogP contribution in [0, 0.1) is 11.3 Å². The van der Waals surface area contributed by atoms with Gasteiger partial charge in [0.1, 0.15) is 33.0 Å². The number of carbonyl (C=O) groups is 1. The standard InChI is InChI=1S/C21H22N4O3S/c1-21(2,3)28-20(26)25-8-6-24(7-9-25)18-12-15(17-5-4-10-27-17)16-11-14(13-22)29-19(16)23-18/h4-5,10-12H,6-9H2,1-3H3. The second-order valence-electron chi connectivity index (χ2n) is 7.90. The van der Waals surface area contributed by atoms with Crippen LogP contribution in [0.4, 0.5) is 10.6 Å². The number of furan rings is 1. The van der Waals surface area contributed by atoms with Crippen LogP contribution in [0.1, 0.15) is 25.6 Å². The highest BCUT2D eigenvalue weighted by atomic mass is 32.1. The van der Waals surface area contributed by atoms with E-state index in [0.717, 1.165) is 27.4 Å². The lowest BCUT2D eigenvalue weighted by Crippen LogP contribution is -2.50. The Labute approximate surface area is 173 Å². The van der Waals surface area contributed by atoms with Gasteiger partial charge >= 0.3 is 6.09 Å². The van der Waals surface area contributed by atoms with Crippen molar-refractivity contribution < 1.29 is 13.9 Å². The third kappa shape index (κ3) is 4.05. The van der Waals surface area contributed by atoms with E-state index >= 15 is 0 Å². The molecule has 0 atom stereocenters. The van der Waals surface area contributed by atoms with Crippen LogP contribution in [0.25, 0.3) is 21.5 Å². The number of anilines is 1. The van der Waals surface area contributed by atoms with Gasteiger partial charge in [-0.25, -0.2) is 9.78 Å². The fraction of sp³-hybridized carbons (Fsp3) is 0.381. The summed E-state index contributed by atoms with van der Waals surface area (Å²) in [6, 6.07) is 9.81. The first-order valence-corrected chi connectivity index (χ1v) is 10.3. The van der Waals surface area contributed by atoms with Crippen LogP contribution >= 0.6 is 11.3 Å². The summed E-state index contributed by atoms with van der Waals surface area (Å²) in [5.74, 6) is 1.56. The van der Waals surface area contributed by atoms with Crippen molar-refractivity contribution in [2.75, 3.05) is 31.1 Å². The molecule has 1 aliphatic rings. The fourth-order valence-electron chi connectivity index (χ4n) is 3.30. The first-order valence-electron chi connectivity index (χ1n) is 9.45. The topological polar surface area (TPSA) is 82.6 Å². The van der Waals surface area contributed by atoms with Gasteiger partial charge in [0.2, 0.25) is 0 Å². The van der Waals surface area contributed by atoms with Gasteiger partial charge in [-0.05, 0) is 45.0 Å². The molecule has 3 aromatic heterocycles. The van der Waals surface area contributed by atoms with Crippen molar-refractivity contribution in [2.45, 2.75) is 26.4 Å². The van der Waals surface area contributed by atoms with Crippen LogP contribution in [-0.2, 0) is 4.74 Å². The van der Waals surface area contributed by atoms with E-state index in [1.54, 1.807) is 11.2 Å². The van der Waals surface area contributed by atoms with Gasteiger partial charge in [0.15, 0.2) is 0 Å². The molecule has 1 amide bonds. The number of amides is 1. The summed E-state index contributed by atoms with van der Waals surface area (Å²) in [6.45, 7) is 8.06. The third-order valence-electron chi connectivity index (χ3n) is 4.64. The predicted molar refractivity (Wildman–Crippen MR) is 112 cm³/mol. The van der Waals surface area contributed by atoms with Crippen LogP contribution < -0.4 is 4.90 Å². The number of rotatable bonds is 2. The monoisotopic (exact) mass is 410 g/mol. The molecule has 8 heteroatoms. The van der Waals surface area contributed by atoms with E-state index in [4.69, 9.17) is 14.1 Å². The molecule has 29 heavy (non-hydrogen) atoms. The van der Waals surface area contributed by atoms with Gasteiger partial charge in [0.25, 0.3) is 0 Å². The van der Waals surface area contributed by atoms with Gasteiger partial charge < -0.3 is 19.0 Å². The summed E-state index contributed by atoms with van der Waals surface area (Å²) in [5.41, 5.74) is 0.415. The molecule has 0 N–H and O–H groups in total. The molecule has 4 rings (SSSR count). The van der Waals surface area contributed by atoms with Crippen LogP contribution in [0.2, 0.25) is 0 Å². The quantitative estimate of drug-likeness (QED) is 0.619. The Hall–Kier alpha value is -3.05. The van der Waals surface area contributed by atoms with Crippen molar-refractivity contribution in [1.29, 1.82) is 5.26 Å². The maximum absolute atomic E-state index is 12.3. The van der Waals surface area contributed by atoms with E-state index in [9.17, 15) is 10.1 Å². The average Bonchev–Trinajstić information content (AvgIpc) is 3.35. The third-order valence-corrected chi connectivity index (χ3v) is 5.58. The molecule has 7 nitrogen and oxygen atoms in total. The van der Waals surface area contributed by atoms with Crippen molar-refractivity contribution in [1.82, 2.24) is 9.88 Å². The number of nitrogens with zero attached hydrogens (tertiary/aromatic N) is 4. The molecule has 150 valence electrons. The zero-order valence-electron chi connectivity index (χ0n) is 16.6. The Kier molecular flexibility index (Phi) is 4.92. The molecule has 0 radical (unpaired) electrons. The molecule has 1 fully saturated rings. The molecule has 4 heterocycles. The Morgan fingerprint density at radius 2 is 2.03 bits per heavy atom. The lowest BCUT2D eigenvalue weighted by Gasteiger charge is -2.36. The number of carbonyl (C=O) groups excluding carboxylic acids is 1. The Bertz CT molecular complexity index is 1070. The first-order chi connectivity index (χ1) is 13.8. The molecule has 1 aliphatic heterocycles. The van der Waals surface area contributed by atoms with Gasteiger partial charge in [-0.3, -0.25) is 0 Å². The maximum atomic E-state index is 12.3. The van der Waals surface area contributed by atoms with E-state index in [1.807, 2.05) is 45.0 Å². The number of thiophene rings is 1. The molecule has 1 saturated heterocycles. The maximum Gasteiger partial charge on any atom is 0.410 e. The molecule has 0 saturated carbocycles. The van der Waals surface area contributed by atoms with Crippen molar-refractivity contribution in [3.63, 3.8) is 0 Å². The smallest absolute Gasteiger partial charge is 0.410 e. The van der Waals surface area contributed by atoms with Gasteiger partial charge in [0.05, 0.1) is 6.26 Å². The Balaban J connectivity index is 1.59. The second kappa shape index (κ2) is 7.41. The number of hydrogen-bond donors (Lipinski definition) is 0. The molecule has 0 bridgehead atoms. The summed E-state index contributed by atoms with van der Waals surface area (Å²) in [5, 5.41) is 10.2. The first kappa shape index (κ1) is 19.3. The number of pyridine rings is 1. The summed E-state index contributed by atoms with van der Waals surface area (Å²) < 4.78 is 11.1. The molecule has 0 spiro atoms.